The van der Waals surface area contributed by atoms with Crippen LogP contribution in [0.5, 0.6) is 0 Å². The molecule has 3 aromatic rings. The van der Waals surface area contributed by atoms with Gasteiger partial charge in [-0.05, 0) is 30.2 Å². The molecule has 130 valence electrons. The van der Waals surface area contributed by atoms with E-state index in [-0.39, 0.29) is 11.2 Å². The Morgan fingerprint density at radius 2 is 2.08 bits per heavy atom. The van der Waals surface area contributed by atoms with Gasteiger partial charge >= 0.3 is 0 Å². The number of nitrogens with one attached hydrogen (secondary N) is 1. The molecule has 1 unspecified atom stereocenters. The number of rotatable bonds is 7. The van der Waals surface area contributed by atoms with E-state index >= 15 is 0 Å². The van der Waals surface area contributed by atoms with Crippen LogP contribution in [0.25, 0.3) is 10.2 Å². The highest BCUT2D eigenvalue weighted by Crippen LogP contribution is 2.39. The molecule has 1 amide bonds. The highest BCUT2D eigenvalue weighted by molar-refractivity contribution is 8.02. The van der Waals surface area contributed by atoms with Gasteiger partial charge in [0.15, 0.2) is 4.34 Å². The summed E-state index contributed by atoms with van der Waals surface area (Å²) < 4.78 is 1.95. The first-order valence-electron chi connectivity index (χ1n) is 8.23. The smallest absolute Gasteiger partial charge is 0.238 e. The Balaban J connectivity index is 1.84. The molecule has 0 fully saturated rings. The zero-order valence-electron chi connectivity index (χ0n) is 13.9. The van der Waals surface area contributed by atoms with Crippen LogP contribution in [-0.4, -0.2) is 17.4 Å². The number of thiazole rings is 1. The number of amides is 1. The van der Waals surface area contributed by atoms with Gasteiger partial charge in [0.1, 0.15) is 5.25 Å². The fraction of sp³-hybridized carbons (Fsp3) is 0.263. The number of nitrogens with zero attached hydrogens (tertiary/aromatic N) is 1. The largest absolute Gasteiger partial charge is 0.355 e. The summed E-state index contributed by atoms with van der Waals surface area (Å²) in [4.78, 5) is 17.4. The lowest BCUT2D eigenvalue weighted by atomic mass is 10.1. The quantitative estimate of drug-likeness (QED) is 0.415. The summed E-state index contributed by atoms with van der Waals surface area (Å²) in [5, 5.41) is 3.40. The number of carbonyl (C=O) groups is 1. The Morgan fingerprint density at radius 1 is 1.28 bits per heavy atom. The highest BCUT2D eigenvalue weighted by atomic mass is 35.5. The predicted octanol–water partition coefficient (Wildman–Crippen LogP) is 5.70. The first-order chi connectivity index (χ1) is 12.2. The second-order valence-electron chi connectivity index (χ2n) is 5.64. The van der Waals surface area contributed by atoms with Gasteiger partial charge in [0.25, 0.3) is 0 Å². The average Bonchev–Trinajstić information content (AvgIpc) is 3.02. The fourth-order valence-electron chi connectivity index (χ4n) is 2.41. The van der Waals surface area contributed by atoms with Crippen LogP contribution in [0.1, 0.15) is 30.6 Å². The third kappa shape index (κ3) is 4.75. The first kappa shape index (κ1) is 18.2. The van der Waals surface area contributed by atoms with E-state index in [1.54, 1.807) is 11.3 Å². The molecular formula is C19H19ClN2OS2. The lowest BCUT2D eigenvalue weighted by Crippen LogP contribution is -2.28. The number of thioether (sulfide) groups is 1. The molecule has 0 aliphatic rings. The van der Waals surface area contributed by atoms with Crippen molar-refractivity contribution in [3.05, 3.63) is 59.1 Å². The monoisotopic (exact) mass is 390 g/mol. The van der Waals surface area contributed by atoms with Gasteiger partial charge in [-0.15, -0.1) is 11.3 Å². The average molecular weight is 391 g/mol. The molecule has 25 heavy (non-hydrogen) atoms. The summed E-state index contributed by atoms with van der Waals surface area (Å²) in [6.07, 6.45) is 2.04. The second kappa shape index (κ2) is 8.70. The minimum Gasteiger partial charge on any atom is -0.355 e. The van der Waals surface area contributed by atoms with Crippen molar-refractivity contribution in [3.63, 3.8) is 0 Å². The van der Waals surface area contributed by atoms with E-state index in [4.69, 9.17) is 11.6 Å². The molecule has 0 aliphatic heterocycles. The SMILES string of the molecule is CCCCNC(=O)C(Sc1nc2cc(Cl)ccc2s1)c1ccccc1. The molecule has 6 heteroatoms. The van der Waals surface area contributed by atoms with Crippen LogP contribution < -0.4 is 5.32 Å². The van der Waals surface area contributed by atoms with Crippen molar-refractivity contribution in [1.82, 2.24) is 10.3 Å². The predicted molar refractivity (Wildman–Crippen MR) is 108 cm³/mol. The number of hydrogen-bond donors (Lipinski definition) is 1. The third-order valence-corrected chi connectivity index (χ3v) is 6.34. The van der Waals surface area contributed by atoms with Crippen molar-refractivity contribution in [2.75, 3.05) is 6.54 Å². The molecular weight excluding hydrogens is 372 g/mol. The number of aromatic nitrogens is 1. The van der Waals surface area contributed by atoms with Crippen molar-refractivity contribution in [3.8, 4) is 0 Å². The number of halogens is 1. The number of benzene rings is 2. The Kier molecular flexibility index (Phi) is 6.34. The second-order valence-corrected chi connectivity index (χ2v) is 8.46. The van der Waals surface area contributed by atoms with Crippen LogP contribution in [0.15, 0.2) is 52.9 Å². The van der Waals surface area contributed by atoms with Crippen molar-refractivity contribution < 1.29 is 4.79 Å². The van der Waals surface area contributed by atoms with E-state index in [0.29, 0.717) is 11.6 Å². The maximum atomic E-state index is 12.7. The van der Waals surface area contributed by atoms with E-state index in [1.165, 1.54) is 11.8 Å². The standard InChI is InChI=1S/C19H19ClN2OS2/c1-2-3-11-21-18(23)17(13-7-5-4-6-8-13)25-19-22-15-12-14(20)9-10-16(15)24-19/h4-10,12,17H,2-3,11H2,1H3,(H,21,23). The topological polar surface area (TPSA) is 42.0 Å². The number of unbranched alkanes of at least 4 members (excludes halogenated alkanes) is 1. The van der Waals surface area contributed by atoms with Gasteiger partial charge in [-0.1, -0.05) is 67.0 Å². The zero-order valence-corrected chi connectivity index (χ0v) is 16.3. The van der Waals surface area contributed by atoms with Crippen LogP contribution >= 0.6 is 34.7 Å². The van der Waals surface area contributed by atoms with E-state index in [2.05, 4.69) is 17.2 Å². The third-order valence-electron chi connectivity index (χ3n) is 3.72. The lowest BCUT2D eigenvalue weighted by molar-refractivity contribution is -0.120. The van der Waals surface area contributed by atoms with E-state index in [9.17, 15) is 4.79 Å². The molecule has 0 saturated heterocycles. The molecule has 0 spiro atoms. The summed E-state index contributed by atoms with van der Waals surface area (Å²) in [5.74, 6) is 0.0296. The summed E-state index contributed by atoms with van der Waals surface area (Å²) in [7, 11) is 0. The van der Waals surface area contributed by atoms with Gasteiger partial charge in [-0.3, -0.25) is 4.79 Å². The molecule has 1 aromatic heterocycles. The van der Waals surface area contributed by atoms with Gasteiger partial charge in [-0.25, -0.2) is 4.98 Å². The molecule has 3 nitrogen and oxygen atoms in total. The van der Waals surface area contributed by atoms with E-state index < -0.39 is 0 Å². The van der Waals surface area contributed by atoms with Crippen molar-refractivity contribution in [2.45, 2.75) is 29.4 Å². The molecule has 1 atom stereocenters. The van der Waals surface area contributed by atoms with Crippen LogP contribution in [0.4, 0.5) is 0 Å². The highest BCUT2D eigenvalue weighted by Gasteiger charge is 2.23. The molecule has 0 saturated carbocycles. The summed E-state index contributed by atoms with van der Waals surface area (Å²) in [5.41, 5.74) is 1.86. The Labute approximate surface area is 160 Å². The Bertz CT molecular complexity index is 851. The van der Waals surface area contributed by atoms with Gasteiger partial charge in [0, 0.05) is 11.6 Å². The molecule has 1 heterocycles. The van der Waals surface area contributed by atoms with Gasteiger partial charge in [0.2, 0.25) is 5.91 Å². The summed E-state index contributed by atoms with van der Waals surface area (Å²) >= 11 is 9.12. The minimum absolute atomic E-state index is 0.0296. The van der Waals surface area contributed by atoms with Gasteiger partial charge in [0.05, 0.1) is 10.2 Å². The molecule has 0 bridgehead atoms. The summed E-state index contributed by atoms with van der Waals surface area (Å²) in [6.45, 7) is 2.82. The molecule has 0 aliphatic carbocycles. The van der Waals surface area contributed by atoms with Gasteiger partial charge < -0.3 is 5.32 Å². The Hall–Kier alpha value is -1.56. The van der Waals surface area contributed by atoms with Crippen molar-refractivity contribution in [2.24, 2.45) is 0 Å². The van der Waals surface area contributed by atoms with E-state index in [1.807, 2.05) is 48.5 Å². The molecule has 1 N–H and O–H groups in total. The fourth-order valence-corrected chi connectivity index (χ4v) is 4.84. The molecule has 3 rings (SSSR count). The normalized spacial score (nSPS) is 12.2. The summed E-state index contributed by atoms with van der Waals surface area (Å²) in [6, 6.07) is 15.5. The maximum absolute atomic E-state index is 12.7. The maximum Gasteiger partial charge on any atom is 0.238 e. The van der Waals surface area contributed by atoms with E-state index in [0.717, 1.165) is 33.0 Å². The van der Waals surface area contributed by atoms with Crippen LogP contribution in [0, 0.1) is 0 Å². The van der Waals surface area contributed by atoms with Crippen LogP contribution in [0.2, 0.25) is 5.02 Å². The first-order valence-corrected chi connectivity index (χ1v) is 10.3. The van der Waals surface area contributed by atoms with Crippen LogP contribution in [0.3, 0.4) is 0 Å². The molecule has 0 radical (unpaired) electrons. The zero-order chi connectivity index (χ0) is 17.6. The lowest BCUT2D eigenvalue weighted by Gasteiger charge is -2.15. The minimum atomic E-state index is -0.311. The van der Waals surface area contributed by atoms with Crippen molar-refractivity contribution >= 4 is 50.8 Å². The number of carbonyl (C=O) groups excluding carboxylic acids is 1. The van der Waals surface area contributed by atoms with Gasteiger partial charge in [-0.2, -0.15) is 0 Å². The number of fused-ring (bicyclic) bond motifs is 1. The van der Waals surface area contributed by atoms with Crippen LogP contribution in [-0.2, 0) is 4.79 Å². The Morgan fingerprint density at radius 3 is 2.84 bits per heavy atom. The number of hydrogen-bond acceptors (Lipinski definition) is 4. The van der Waals surface area contributed by atoms with Crippen molar-refractivity contribution in [1.29, 1.82) is 0 Å². The molecule has 2 aromatic carbocycles.